The van der Waals surface area contributed by atoms with Gasteiger partial charge in [0.25, 0.3) is 17.9 Å². The highest BCUT2D eigenvalue weighted by atomic mass is 19.3. The van der Waals surface area contributed by atoms with E-state index in [1.54, 1.807) is 36.6 Å². The molecule has 3 aromatic rings. The van der Waals surface area contributed by atoms with Gasteiger partial charge in [0.1, 0.15) is 11.3 Å². The van der Waals surface area contributed by atoms with Crippen LogP contribution in [0.4, 0.5) is 13.2 Å². The predicted octanol–water partition coefficient (Wildman–Crippen LogP) is 1.59. The van der Waals surface area contributed by atoms with Gasteiger partial charge < -0.3 is 10.4 Å². The van der Waals surface area contributed by atoms with Gasteiger partial charge in [0.2, 0.25) is 6.30 Å². The van der Waals surface area contributed by atoms with Crippen molar-refractivity contribution in [3.63, 3.8) is 0 Å². The summed E-state index contributed by atoms with van der Waals surface area (Å²) in [5, 5.41) is 18.9. The van der Waals surface area contributed by atoms with Crippen molar-refractivity contribution >= 4 is 5.91 Å². The van der Waals surface area contributed by atoms with Gasteiger partial charge in [0.05, 0.1) is 18.1 Å². The summed E-state index contributed by atoms with van der Waals surface area (Å²) in [5.74, 6) is -1.26. The molecule has 0 spiro atoms. The van der Waals surface area contributed by atoms with Crippen LogP contribution < -0.4 is 10.9 Å². The zero-order valence-electron chi connectivity index (χ0n) is 16.0. The molecule has 2 heterocycles. The van der Waals surface area contributed by atoms with Gasteiger partial charge in [-0.25, -0.2) is 13.2 Å². The van der Waals surface area contributed by atoms with Gasteiger partial charge >= 0.3 is 0 Å². The number of aliphatic hydroxyl groups excluding tert-OH is 1. The number of alkyl halides is 3. The van der Waals surface area contributed by atoms with E-state index in [1.165, 1.54) is 17.1 Å². The van der Waals surface area contributed by atoms with Crippen LogP contribution in [0.2, 0.25) is 0 Å². The number of carbonyl (C=O) groups is 1. The maximum Gasteiger partial charge on any atom is 0.284 e. The Morgan fingerprint density at radius 2 is 1.87 bits per heavy atom. The van der Waals surface area contributed by atoms with Crippen LogP contribution in [0.25, 0.3) is 16.9 Å². The summed E-state index contributed by atoms with van der Waals surface area (Å²) >= 11 is 0. The Morgan fingerprint density at radius 1 is 1.20 bits per heavy atom. The van der Waals surface area contributed by atoms with Gasteiger partial charge in [-0.2, -0.15) is 14.9 Å². The minimum Gasteiger partial charge on any atom is -0.382 e. The molecule has 1 amide bonds. The first-order valence-corrected chi connectivity index (χ1v) is 8.79. The lowest BCUT2D eigenvalue weighted by Gasteiger charge is -2.16. The molecule has 0 aliphatic heterocycles. The Labute approximate surface area is 168 Å². The van der Waals surface area contributed by atoms with Crippen molar-refractivity contribution < 1.29 is 23.1 Å². The van der Waals surface area contributed by atoms with Crippen LogP contribution in [0.1, 0.15) is 15.9 Å². The lowest BCUT2D eigenvalue weighted by Crippen LogP contribution is -2.45. The highest BCUT2D eigenvalue weighted by Gasteiger charge is 2.30. The summed E-state index contributed by atoms with van der Waals surface area (Å²) in [4.78, 5) is 25.3. The minimum atomic E-state index is -3.41. The quantitative estimate of drug-likeness (QED) is 0.589. The SMILES string of the molecule is Cc1ccc(-c2cc(C(=O)NC(F)[C@H](O)C(F)F)c(=O)n(-c3cnn(C)c3)n2)cc1. The van der Waals surface area contributed by atoms with E-state index in [0.717, 1.165) is 16.3 Å². The maximum atomic E-state index is 13.8. The molecule has 158 valence electrons. The predicted molar refractivity (Wildman–Crippen MR) is 101 cm³/mol. The van der Waals surface area contributed by atoms with E-state index in [-0.39, 0.29) is 11.4 Å². The first kappa shape index (κ1) is 21.2. The Bertz CT molecular complexity index is 1110. The van der Waals surface area contributed by atoms with Crippen LogP contribution in [0, 0.1) is 6.92 Å². The van der Waals surface area contributed by atoms with Crippen LogP contribution in [0.15, 0.2) is 47.5 Å². The lowest BCUT2D eigenvalue weighted by atomic mass is 10.1. The summed E-state index contributed by atoms with van der Waals surface area (Å²) in [6, 6.07) is 8.17. The standard InChI is InChI=1S/C19H18F3N5O3/c1-10-3-5-11(6-4-10)14-7-13(18(29)24-17(22)15(28)16(20)21)19(30)27(25-14)12-8-23-26(2)9-12/h3-9,15-17,28H,1-2H3,(H,24,29)/t15-,17?/m1/s1. The van der Waals surface area contributed by atoms with Gasteiger partial charge in [-0.1, -0.05) is 29.8 Å². The van der Waals surface area contributed by atoms with Crippen LogP contribution in [-0.2, 0) is 7.05 Å². The smallest absolute Gasteiger partial charge is 0.284 e. The number of rotatable bonds is 6. The number of aliphatic hydroxyl groups is 1. The fourth-order valence-corrected chi connectivity index (χ4v) is 2.63. The molecule has 1 aromatic carbocycles. The van der Waals surface area contributed by atoms with E-state index >= 15 is 0 Å². The van der Waals surface area contributed by atoms with Crippen molar-refractivity contribution in [1.82, 2.24) is 24.9 Å². The molecule has 0 bridgehead atoms. The third-order valence-electron chi connectivity index (χ3n) is 4.27. The second kappa shape index (κ2) is 8.49. The Kier molecular flexibility index (Phi) is 6.01. The van der Waals surface area contributed by atoms with E-state index < -0.39 is 35.9 Å². The number of nitrogens with zero attached hydrogens (tertiary/aromatic N) is 4. The molecule has 0 radical (unpaired) electrons. The third kappa shape index (κ3) is 4.40. The second-order valence-electron chi connectivity index (χ2n) is 6.60. The monoisotopic (exact) mass is 421 g/mol. The van der Waals surface area contributed by atoms with Crippen molar-refractivity contribution in [3.8, 4) is 16.9 Å². The zero-order chi connectivity index (χ0) is 22.0. The fraction of sp³-hybridized carbons (Fsp3) is 0.263. The van der Waals surface area contributed by atoms with Crippen molar-refractivity contribution in [1.29, 1.82) is 0 Å². The molecule has 30 heavy (non-hydrogen) atoms. The molecule has 3 rings (SSSR count). The summed E-state index contributed by atoms with van der Waals surface area (Å²) < 4.78 is 41.1. The number of aromatic nitrogens is 4. The molecular formula is C19H18F3N5O3. The fourth-order valence-electron chi connectivity index (χ4n) is 2.63. The van der Waals surface area contributed by atoms with Gasteiger partial charge in [0, 0.05) is 12.6 Å². The van der Waals surface area contributed by atoms with E-state index in [2.05, 4.69) is 10.2 Å². The molecule has 1 unspecified atom stereocenters. The average molecular weight is 421 g/mol. The number of benzene rings is 1. The van der Waals surface area contributed by atoms with Crippen molar-refractivity contribution in [2.24, 2.45) is 7.05 Å². The molecule has 0 saturated heterocycles. The number of hydrogen-bond acceptors (Lipinski definition) is 5. The zero-order valence-corrected chi connectivity index (χ0v) is 16.0. The molecule has 2 N–H and O–H groups in total. The summed E-state index contributed by atoms with van der Waals surface area (Å²) in [5.41, 5.74) is 0.558. The van der Waals surface area contributed by atoms with Gasteiger partial charge in [0.15, 0.2) is 6.10 Å². The lowest BCUT2D eigenvalue weighted by molar-refractivity contribution is -0.0551. The first-order valence-electron chi connectivity index (χ1n) is 8.79. The summed E-state index contributed by atoms with van der Waals surface area (Å²) in [6.07, 6.45) is -6.08. The number of hydrogen-bond donors (Lipinski definition) is 2. The number of halogens is 3. The number of aryl methyl sites for hydroxylation is 2. The second-order valence-corrected chi connectivity index (χ2v) is 6.60. The molecular weight excluding hydrogens is 403 g/mol. The Morgan fingerprint density at radius 3 is 2.43 bits per heavy atom. The van der Waals surface area contributed by atoms with Crippen molar-refractivity contribution in [3.05, 3.63) is 64.2 Å². The third-order valence-corrected chi connectivity index (χ3v) is 4.27. The van der Waals surface area contributed by atoms with Crippen LogP contribution >= 0.6 is 0 Å². The Balaban J connectivity index is 2.09. The molecule has 0 saturated carbocycles. The summed E-state index contributed by atoms with van der Waals surface area (Å²) in [7, 11) is 1.62. The first-order chi connectivity index (χ1) is 14.2. The average Bonchev–Trinajstić information content (AvgIpc) is 3.14. The molecule has 2 aromatic heterocycles. The highest BCUT2D eigenvalue weighted by molar-refractivity contribution is 5.95. The van der Waals surface area contributed by atoms with E-state index in [1.807, 2.05) is 6.92 Å². The molecule has 0 aliphatic carbocycles. The van der Waals surface area contributed by atoms with E-state index in [4.69, 9.17) is 5.11 Å². The van der Waals surface area contributed by atoms with Gasteiger partial charge in [-0.05, 0) is 13.0 Å². The number of nitrogens with one attached hydrogen (secondary N) is 1. The molecule has 0 aliphatic rings. The highest BCUT2D eigenvalue weighted by Crippen LogP contribution is 2.19. The molecule has 0 fully saturated rings. The van der Waals surface area contributed by atoms with Crippen molar-refractivity contribution in [2.45, 2.75) is 25.7 Å². The number of amides is 1. The van der Waals surface area contributed by atoms with Crippen molar-refractivity contribution in [2.75, 3.05) is 0 Å². The normalized spacial score (nSPS) is 13.3. The van der Waals surface area contributed by atoms with Crippen LogP contribution in [-0.4, -0.2) is 49.4 Å². The molecule has 11 heteroatoms. The van der Waals surface area contributed by atoms with E-state index in [0.29, 0.717) is 5.56 Å². The van der Waals surface area contributed by atoms with Gasteiger partial charge in [-0.3, -0.25) is 14.3 Å². The topological polar surface area (TPSA) is 102 Å². The minimum absolute atomic E-state index is 0.216. The largest absolute Gasteiger partial charge is 0.382 e. The van der Waals surface area contributed by atoms with Gasteiger partial charge in [-0.15, -0.1) is 0 Å². The Hall–Kier alpha value is -3.47. The maximum absolute atomic E-state index is 13.8. The van der Waals surface area contributed by atoms with Crippen LogP contribution in [0.3, 0.4) is 0 Å². The summed E-state index contributed by atoms with van der Waals surface area (Å²) in [6.45, 7) is 1.88. The molecule has 2 atom stereocenters. The van der Waals surface area contributed by atoms with Crippen LogP contribution in [0.5, 0.6) is 0 Å². The number of carbonyl (C=O) groups excluding carboxylic acids is 1. The van der Waals surface area contributed by atoms with E-state index in [9.17, 15) is 22.8 Å². The molecule has 8 nitrogen and oxygen atoms in total.